The van der Waals surface area contributed by atoms with E-state index in [9.17, 15) is 14.7 Å². The Bertz CT molecular complexity index is 902. The van der Waals surface area contributed by atoms with E-state index in [2.05, 4.69) is 16.8 Å². The molecule has 1 aromatic carbocycles. The van der Waals surface area contributed by atoms with Gasteiger partial charge in [0.2, 0.25) is 6.41 Å². The van der Waals surface area contributed by atoms with E-state index in [-0.39, 0.29) is 12.3 Å². The van der Waals surface area contributed by atoms with Crippen LogP contribution < -0.4 is 10.1 Å². The number of hydrogen-bond donors (Lipinski definition) is 3. The molecule has 1 aromatic heterocycles. The van der Waals surface area contributed by atoms with Gasteiger partial charge in [0, 0.05) is 29.6 Å². The third-order valence-corrected chi connectivity index (χ3v) is 4.17. The molecule has 1 aliphatic heterocycles. The highest BCUT2D eigenvalue weighted by Gasteiger charge is 2.33. The number of benzene rings is 1. The summed E-state index contributed by atoms with van der Waals surface area (Å²) in [6.45, 7) is 0.893. The quantitative estimate of drug-likeness (QED) is 0.489. The number of nitrogens with zero attached hydrogens (tertiary/aromatic N) is 1. The van der Waals surface area contributed by atoms with Crippen molar-refractivity contribution in [2.75, 3.05) is 19.8 Å². The molecule has 0 saturated carbocycles. The van der Waals surface area contributed by atoms with Gasteiger partial charge in [0.05, 0.1) is 19.4 Å². The third-order valence-electron chi connectivity index (χ3n) is 3.92. The van der Waals surface area contributed by atoms with Gasteiger partial charge in [-0.1, -0.05) is 17.5 Å². The van der Waals surface area contributed by atoms with Gasteiger partial charge in [-0.05, 0) is 36.3 Å². The molecule has 0 atom stereocenters. The van der Waals surface area contributed by atoms with Crippen molar-refractivity contribution in [3.8, 4) is 23.3 Å². The summed E-state index contributed by atoms with van der Waals surface area (Å²) in [4.78, 5) is 22.8. The molecule has 2 heterocycles. The van der Waals surface area contributed by atoms with Crippen molar-refractivity contribution < 1.29 is 29.3 Å². The van der Waals surface area contributed by atoms with Crippen LogP contribution in [0.5, 0.6) is 11.5 Å². The molecule has 0 radical (unpaired) electrons. The van der Waals surface area contributed by atoms with Gasteiger partial charge >= 0.3 is 5.97 Å². The van der Waals surface area contributed by atoms with E-state index in [4.69, 9.17) is 26.2 Å². The van der Waals surface area contributed by atoms with Crippen LogP contribution >= 0.6 is 11.6 Å². The third kappa shape index (κ3) is 7.99. The number of hydrogen-bond acceptors (Lipinski definition) is 6. The number of carbonyl (C=O) groups is 2. The molecule has 9 heteroatoms. The summed E-state index contributed by atoms with van der Waals surface area (Å²) in [5.41, 5.74) is 0.0351. The molecule has 0 spiro atoms. The summed E-state index contributed by atoms with van der Waals surface area (Å²) in [6, 6.07) is 8.82. The van der Waals surface area contributed by atoms with Crippen molar-refractivity contribution >= 4 is 24.0 Å². The number of pyridine rings is 1. The van der Waals surface area contributed by atoms with Gasteiger partial charge in [-0.15, -0.1) is 0 Å². The van der Waals surface area contributed by atoms with Gasteiger partial charge in [0.1, 0.15) is 18.0 Å². The van der Waals surface area contributed by atoms with Crippen LogP contribution in [0.4, 0.5) is 0 Å². The summed E-state index contributed by atoms with van der Waals surface area (Å²) in [7, 11) is 0. The van der Waals surface area contributed by atoms with E-state index in [0.29, 0.717) is 43.1 Å². The van der Waals surface area contributed by atoms with E-state index in [1.165, 1.54) is 6.20 Å². The summed E-state index contributed by atoms with van der Waals surface area (Å²) in [6.07, 6.45) is 4.68. The highest BCUT2D eigenvalue weighted by molar-refractivity contribution is 6.30. The number of rotatable bonds is 5. The molecule has 0 unspecified atom stereocenters. The molecular weight excluding hydrogens is 412 g/mol. The molecule has 1 aliphatic rings. The topological polar surface area (TPSA) is 118 Å². The van der Waals surface area contributed by atoms with Crippen LogP contribution in [0, 0.1) is 11.8 Å². The number of amides is 1. The molecule has 3 N–H and O–H groups in total. The van der Waals surface area contributed by atoms with Crippen LogP contribution in [0.15, 0.2) is 42.7 Å². The van der Waals surface area contributed by atoms with Gasteiger partial charge < -0.3 is 25.0 Å². The number of carboxylic acid groups (broad SMARTS) is 1. The molecule has 2 aromatic rings. The van der Waals surface area contributed by atoms with Gasteiger partial charge in [0.25, 0.3) is 0 Å². The SMILES string of the molecule is O=CNCC(=O)O.Oc1cncc(C#CC2(Oc3ccc(Cl)cc3)CCOCC2)c1. The number of carboxylic acids is 1. The van der Waals surface area contributed by atoms with Gasteiger partial charge in [0.15, 0.2) is 5.60 Å². The maximum absolute atomic E-state index is 9.54. The Morgan fingerprint density at radius 2 is 2.00 bits per heavy atom. The van der Waals surface area contributed by atoms with E-state index >= 15 is 0 Å². The summed E-state index contributed by atoms with van der Waals surface area (Å²) >= 11 is 5.91. The predicted octanol–water partition coefficient (Wildman–Crippen LogP) is 2.24. The van der Waals surface area contributed by atoms with Crippen LogP contribution in [-0.2, 0) is 14.3 Å². The number of carbonyl (C=O) groups excluding carboxylic acids is 1. The largest absolute Gasteiger partial charge is 0.506 e. The lowest BCUT2D eigenvalue weighted by molar-refractivity contribution is -0.136. The Morgan fingerprint density at radius 1 is 1.30 bits per heavy atom. The Morgan fingerprint density at radius 3 is 2.57 bits per heavy atom. The lowest BCUT2D eigenvalue weighted by Gasteiger charge is -2.33. The maximum atomic E-state index is 9.54. The average molecular weight is 433 g/mol. The number of nitrogens with one attached hydrogen (secondary N) is 1. The molecule has 3 rings (SSSR count). The Hall–Kier alpha value is -3.28. The maximum Gasteiger partial charge on any atom is 0.322 e. The van der Waals surface area contributed by atoms with Crippen molar-refractivity contribution in [3.63, 3.8) is 0 Å². The number of aromatic hydroxyl groups is 1. The highest BCUT2D eigenvalue weighted by atomic mass is 35.5. The second-order valence-electron chi connectivity index (χ2n) is 6.24. The van der Waals surface area contributed by atoms with Gasteiger partial charge in [-0.2, -0.15) is 0 Å². The number of ether oxygens (including phenoxy) is 2. The molecule has 1 amide bonds. The van der Waals surface area contributed by atoms with Crippen LogP contribution in [0.1, 0.15) is 18.4 Å². The van der Waals surface area contributed by atoms with Crippen LogP contribution in [0.3, 0.4) is 0 Å². The van der Waals surface area contributed by atoms with Crippen LogP contribution in [-0.4, -0.2) is 52.9 Å². The minimum Gasteiger partial charge on any atom is -0.506 e. The van der Waals surface area contributed by atoms with Gasteiger partial charge in [-0.25, -0.2) is 0 Å². The monoisotopic (exact) mass is 432 g/mol. The number of aliphatic carboxylic acids is 1. The zero-order chi connectivity index (χ0) is 21.8. The molecule has 1 fully saturated rings. The number of halogens is 1. The zero-order valence-corrected chi connectivity index (χ0v) is 16.8. The molecule has 0 aliphatic carbocycles. The minimum absolute atomic E-state index is 0.0939. The standard InChI is InChI=1S/C18H16ClNO3.C3H5NO3/c19-15-1-3-17(4-2-15)23-18(7-9-22-10-8-18)6-5-14-11-16(21)13-20-12-14;5-2-4-1-3(6)7/h1-4,11-13,21H,7-10H2;2H,1H2,(H,4,5)(H,6,7). The van der Waals surface area contributed by atoms with Crippen molar-refractivity contribution in [2.45, 2.75) is 18.4 Å². The van der Waals surface area contributed by atoms with E-state index in [0.717, 1.165) is 5.75 Å². The molecular formula is C21H21ClN2O6. The Balaban J connectivity index is 0.000000396. The van der Waals surface area contributed by atoms with Crippen molar-refractivity contribution in [1.29, 1.82) is 0 Å². The molecule has 0 bridgehead atoms. The van der Waals surface area contributed by atoms with E-state index < -0.39 is 11.6 Å². The normalized spacial score (nSPS) is 14.2. The lowest BCUT2D eigenvalue weighted by Crippen LogP contribution is -2.40. The first-order valence-corrected chi connectivity index (χ1v) is 9.38. The molecule has 8 nitrogen and oxygen atoms in total. The molecule has 158 valence electrons. The molecule has 30 heavy (non-hydrogen) atoms. The van der Waals surface area contributed by atoms with Crippen molar-refractivity contribution in [2.24, 2.45) is 0 Å². The molecule has 1 saturated heterocycles. The first-order chi connectivity index (χ1) is 14.4. The smallest absolute Gasteiger partial charge is 0.322 e. The first kappa shape index (κ1) is 23.0. The summed E-state index contributed by atoms with van der Waals surface area (Å²) in [5, 5.41) is 19.9. The first-order valence-electron chi connectivity index (χ1n) is 9.01. The second-order valence-corrected chi connectivity index (χ2v) is 6.67. The van der Waals surface area contributed by atoms with Crippen molar-refractivity contribution in [3.05, 3.63) is 53.3 Å². The number of aromatic nitrogens is 1. The fraction of sp³-hybridized carbons (Fsp3) is 0.286. The Labute approximate surface area is 178 Å². The predicted molar refractivity (Wildman–Crippen MR) is 109 cm³/mol. The van der Waals surface area contributed by atoms with E-state index in [1.54, 1.807) is 24.4 Å². The van der Waals surface area contributed by atoms with Crippen molar-refractivity contribution in [1.82, 2.24) is 10.3 Å². The van der Waals surface area contributed by atoms with E-state index in [1.807, 2.05) is 17.4 Å². The minimum atomic E-state index is -1.04. The van der Waals surface area contributed by atoms with Crippen LogP contribution in [0.2, 0.25) is 5.02 Å². The Kier molecular flexibility index (Phi) is 8.94. The lowest BCUT2D eigenvalue weighted by atomic mass is 9.94. The summed E-state index contributed by atoms with van der Waals surface area (Å²) in [5.74, 6) is 6.03. The highest BCUT2D eigenvalue weighted by Crippen LogP contribution is 2.28. The van der Waals surface area contributed by atoms with Crippen LogP contribution in [0.25, 0.3) is 0 Å². The second kappa shape index (κ2) is 11.7. The zero-order valence-electron chi connectivity index (χ0n) is 16.0. The fourth-order valence-electron chi connectivity index (χ4n) is 2.49. The fourth-order valence-corrected chi connectivity index (χ4v) is 2.62. The van der Waals surface area contributed by atoms with Gasteiger partial charge in [-0.3, -0.25) is 14.6 Å². The summed E-state index contributed by atoms with van der Waals surface area (Å²) < 4.78 is 11.6. The average Bonchev–Trinajstić information content (AvgIpc) is 2.74.